The van der Waals surface area contributed by atoms with Gasteiger partial charge in [0.05, 0.1) is 22.9 Å². The van der Waals surface area contributed by atoms with Crippen LogP contribution in [0.25, 0.3) is 0 Å². The van der Waals surface area contributed by atoms with Crippen LogP contribution in [0.4, 0.5) is 10.1 Å². The van der Waals surface area contributed by atoms with Crippen LogP contribution in [-0.4, -0.2) is 18.5 Å². The molecule has 0 amide bonds. The lowest BCUT2D eigenvalue weighted by Crippen LogP contribution is -2.16. The van der Waals surface area contributed by atoms with Crippen molar-refractivity contribution in [2.24, 2.45) is 0 Å². The monoisotopic (exact) mass is 296 g/mol. The summed E-state index contributed by atoms with van der Waals surface area (Å²) in [5.74, 6) is -0.689. The van der Waals surface area contributed by atoms with Crippen LogP contribution in [0, 0.1) is 12.7 Å². The van der Waals surface area contributed by atoms with Crippen molar-refractivity contribution < 1.29 is 17.9 Å². The summed E-state index contributed by atoms with van der Waals surface area (Å²) >= 11 is 0. The molecule has 0 aliphatic carbocycles. The summed E-state index contributed by atoms with van der Waals surface area (Å²) in [5.41, 5.74) is 0.930. The first-order valence-electron chi connectivity index (χ1n) is 5.78. The van der Waals surface area contributed by atoms with Gasteiger partial charge in [0.25, 0.3) is 10.0 Å². The number of hydrogen-bond donors (Lipinski definition) is 2. The third kappa shape index (κ3) is 2.94. The standard InChI is InChI=1S/C13H13FN2O3S/c1-9-12(3-2-6-15-9)16-20(18,19)13-7-11(14)5-4-10(13)8-17/h2-7,16-17H,8H2,1H3. The summed E-state index contributed by atoms with van der Waals surface area (Å²) in [5, 5.41) is 9.17. The van der Waals surface area contributed by atoms with Crippen molar-refractivity contribution in [1.29, 1.82) is 0 Å². The molecule has 0 fully saturated rings. The van der Waals surface area contributed by atoms with Gasteiger partial charge >= 0.3 is 0 Å². The van der Waals surface area contributed by atoms with Crippen molar-refractivity contribution in [1.82, 2.24) is 4.98 Å². The average Bonchev–Trinajstić information content (AvgIpc) is 2.41. The van der Waals surface area contributed by atoms with Crippen LogP contribution in [0.1, 0.15) is 11.3 Å². The van der Waals surface area contributed by atoms with Crippen molar-refractivity contribution in [2.75, 3.05) is 4.72 Å². The molecule has 0 aliphatic heterocycles. The van der Waals surface area contributed by atoms with Gasteiger partial charge in [-0.3, -0.25) is 9.71 Å². The van der Waals surface area contributed by atoms with Crippen molar-refractivity contribution in [3.8, 4) is 0 Å². The molecule has 7 heteroatoms. The molecule has 0 bridgehead atoms. The second-order valence-corrected chi connectivity index (χ2v) is 5.80. The number of aryl methyl sites for hydroxylation is 1. The average molecular weight is 296 g/mol. The molecule has 0 saturated heterocycles. The van der Waals surface area contributed by atoms with Crippen LogP contribution in [0.5, 0.6) is 0 Å². The van der Waals surface area contributed by atoms with Gasteiger partial charge in [-0.15, -0.1) is 0 Å². The minimum absolute atomic E-state index is 0.125. The number of anilines is 1. The molecule has 1 aromatic heterocycles. The Morgan fingerprint density at radius 3 is 2.75 bits per heavy atom. The summed E-state index contributed by atoms with van der Waals surface area (Å²) in [4.78, 5) is 3.68. The summed E-state index contributed by atoms with van der Waals surface area (Å²) in [6, 6.07) is 6.35. The van der Waals surface area contributed by atoms with Gasteiger partial charge in [0, 0.05) is 6.20 Å². The number of aliphatic hydroxyl groups is 1. The molecule has 106 valence electrons. The molecular formula is C13H13FN2O3S. The minimum atomic E-state index is -3.99. The Bertz CT molecular complexity index is 732. The molecule has 0 radical (unpaired) electrons. The first-order valence-corrected chi connectivity index (χ1v) is 7.26. The highest BCUT2D eigenvalue weighted by atomic mass is 32.2. The number of pyridine rings is 1. The highest BCUT2D eigenvalue weighted by Gasteiger charge is 2.20. The van der Waals surface area contributed by atoms with E-state index in [9.17, 15) is 12.8 Å². The Hall–Kier alpha value is -1.99. The van der Waals surface area contributed by atoms with E-state index in [-0.39, 0.29) is 10.5 Å². The lowest BCUT2D eigenvalue weighted by atomic mass is 10.2. The van der Waals surface area contributed by atoms with Gasteiger partial charge in [-0.05, 0) is 36.8 Å². The molecule has 0 unspecified atom stereocenters. The molecule has 2 aromatic rings. The van der Waals surface area contributed by atoms with E-state index in [1.165, 1.54) is 12.3 Å². The number of aromatic nitrogens is 1. The highest BCUT2D eigenvalue weighted by Crippen LogP contribution is 2.22. The molecule has 20 heavy (non-hydrogen) atoms. The smallest absolute Gasteiger partial charge is 0.262 e. The van der Waals surface area contributed by atoms with Gasteiger partial charge in [-0.25, -0.2) is 12.8 Å². The predicted molar refractivity (Wildman–Crippen MR) is 72.1 cm³/mol. The van der Waals surface area contributed by atoms with Crippen LogP contribution in [-0.2, 0) is 16.6 Å². The maximum atomic E-state index is 13.2. The Balaban J connectivity index is 2.46. The van der Waals surface area contributed by atoms with E-state index in [1.807, 2.05) is 0 Å². The fraction of sp³-hybridized carbons (Fsp3) is 0.154. The topological polar surface area (TPSA) is 79.3 Å². The van der Waals surface area contributed by atoms with E-state index in [0.717, 1.165) is 12.1 Å². The fourth-order valence-electron chi connectivity index (χ4n) is 1.70. The van der Waals surface area contributed by atoms with Crippen LogP contribution < -0.4 is 4.72 Å². The number of aliphatic hydroxyl groups excluding tert-OH is 1. The van der Waals surface area contributed by atoms with E-state index >= 15 is 0 Å². The zero-order valence-electron chi connectivity index (χ0n) is 10.7. The molecule has 0 spiro atoms. The first-order chi connectivity index (χ1) is 9.44. The lowest BCUT2D eigenvalue weighted by Gasteiger charge is -2.12. The quantitative estimate of drug-likeness (QED) is 0.902. The van der Waals surface area contributed by atoms with E-state index < -0.39 is 22.4 Å². The fourth-order valence-corrected chi connectivity index (χ4v) is 3.06. The second kappa shape index (κ2) is 5.56. The maximum absolute atomic E-state index is 13.2. The van der Waals surface area contributed by atoms with Crippen molar-refractivity contribution in [3.63, 3.8) is 0 Å². The number of rotatable bonds is 4. The summed E-state index contributed by atoms with van der Waals surface area (Å²) in [6.07, 6.45) is 1.54. The van der Waals surface area contributed by atoms with Gasteiger partial charge in [-0.1, -0.05) is 6.07 Å². The van der Waals surface area contributed by atoms with Crippen molar-refractivity contribution in [3.05, 3.63) is 53.6 Å². The number of halogens is 1. The number of sulfonamides is 1. The SMILES string of the molecule is Cc1ncccc1NS(=O)(=O)c1cc(F)ccc1CO. The molecule has 1 heterocycles. The first kappa shape index (κ1) is 14.4. The summed E-state index contributed by atoms with van der Waals surface area (Å²) in [6.45, 7) is 1.15. The largest absolute Gasteiger partial charge is 0.392 e. The third-order valence-electron chi connectivity index (χ3n) is 2.74. The molecule has 0 saturated carbocycles. The Kier molecular flexibility index (Phi) is 4.01. The number of nitrogens with zero attached hydrogens (tertiary/aromatic N) is 1. The molecule has 2 rings (SSSR count). The summed E-state index contributed by atoms with van der Waals surface area (Å²) < 4.78 is 40.1. The zero-order valence-corrected chi connectivity index (χ0v) is 11.5. The van der Waals surface area contributed by atoms with Gasteiger partial charge < -0.3 is 5.11 Å². The lowest BCUT2D eigenvalue weighted by molar-refractivity contribution is 0.278. The Morgan fingerprint density at radius 2 is 2.10 bits per heavy atom. The number of benzene rings is 1. The molecule has 1 aromatic carbocycles. The maximum Gasteiger partial charge on any atom is 0.262 e. The van der Waals surface area contributed by atoms with E-state index in [4.69, 9.17) is 5.11 Å². The van der Waals surface area contributed by atoms with Crippen LogP contribution in [0.3, 0.4) is 0 Å². The minimum Gasteiger partial charge on any atom is -0.392 e. The number of hydrogen-bond acceptors (Lipinski definition) is 4. The van der Waals surface area contributed by atoms with Crippen molar-refractivity contribution >= 4 is 15.7 Å². The van der Waals surface area contributed by atoms with Crippen molar-refractivity contribution in [2.45, 2.75) is 18.4 Å². The van der Waals surface area contributed by atoms with Crippen LogP contribution in [0.15, 0.2) is 41.4 Å². The van der Waals surface area contributed by atoms with E-state index in [2.05, 4.69) is 9.71 Å². The van der Waals surface area contributed by atoms with Crippen LogP contribution >= 0.6 is 0 Å². The molecule has 5 nitrogen and oxygen atoms in total. The number of nitrogens with one attached hydrogen (secondary N) is 1. The van der Waals surface area contributed by atoms with Crippen LogP contribution in [0.2, 0.25) is 0 Å². The van der Waals surface area contributed by atoms with Gasteiger partial charge in [-0.2, -0.15) is 0 Å². The van der Waals surface area contributed by atoms with Gasteiger partial charge in [0.1, 0.15) is 5.82 Å². The van der Waals surface area contributed by atoms with E-state index in [1.54, 1.807) is 19.1 Å². The molecule has 0 atom stereocenters. The zero-order chi connectivity index (χ0) is 14.8. The second-order valence-electron chi connectivity index (χ2n) is 4.15. The molecule has 2 N–H and O–H groups in total. The van der Waals surface area contributed by atoms with Gasteiger partial charge in [0.15, 0.2) is 0 Å². The Labute approximate surface area is 116 Å². The molecular weight excluding hydrogens is 283 g/mol. The highest BCUT2D eigenvalue weighted by molar-refractivity contribution is 7.92. The predicted octanol–water partition coefficient (Wildman–Crippen LogP) is 1.82. The third-order valence-corrected chi connectivity index (χ3v) is 4.19. The Morgan fingerprint density at radius 1 is 1.35 bits per heavy atom. The normalized spacial score (nSPS) is 11.3. The van der Waals surface area contributed by atoms with Gasteiger partial charge in [0.2, 0.25) is 0 Å². The molecule has 0 aliphatic rings. The van der Waals surface area contributed by atoms with E-state index in [0.29, 0.717) is 11.4 Å². The summed E-state index contributed by atoms with van der Waals surface area (Å²) in [7, 11) is -3.99.